The monoisotopic (exact) mass is 634 g/mol. The Morgan fingerprint density at radius 3 is 2.62 bits per heavy atom. The van der Waals surface area contributed by atoms with Gasteiger partial charge in [0.2, 0.25) is 5.90 Å². The minimum absolute atomic E-state index is 0.0566. The van der Waals surface area contributed by atoms with E-state index in [0.717, 1.165) is 28.4 Å². The summed E-state index contributed by atoms with van der Waals surface area (Å²) in [7, 11) is 0. The van der Waals surface area contributed by atoms with Gasteiger partial charge in [-0.25, -0.2) is 10.4 Å². The van der Waals surface area contributed by atoms with Crippen LogP contribution in [0.3, 0.4) is 0 Å². The second kappa shape index (κ2) is 15.4. The third kappa shape index (κ3) is 7.68. The van der Waals surface area contributed by atoms with Gasteiger partial charge >= 0.3 is 0 Å². The molecule has 10 nitrogen and oxygen atoms in total. The van der Waals surface area contributed by atoms with Gasteiger partial charge in [-0.1, -0.05) is 70.8 Å². The molecule has 1 aliphatic heterocycles. The van der Waals surface area contributed by atoms with Crippen molar-refractivity contribution in [3.63, 3.8) is 0 Å². The third-order valence-corrected chi connectivity index (χ3v) is 7.44. The molecule has 11 heteroatoms. The van der Waals surface area contributed by atoms with Crippen LogP contribution in [0.15, 0.2) is 87.4 Å². The highest BCUT2D eigenvalue weighted by atomic mass is 79.9. The number of benzene rings is 3. The summed E-state index contributed by atoms with van der Waals surface area (Å²) in [6, 6.07) is 22.6. The lowest BCUT2D eigenvalue weighted by Crippen LogP contribution is -2.54. The van der Waals surface area contributed by atoms with Gasteiger partial charge in [0, 0.05) is 40.9 Å². The number of unbranched alkanes of at least 4 members (excludes halogenated alkanes) is 1. The first-order valence-electron chi connectivity index (χ1n) is 14.0. The average Bonchev–Trinajstić information content (AvgIpc) is 3.40. The number of carbonyl (C=O) groups excluding carboxylic acids is 1. The number of nitrogens with zero attached hydrogens (tertiary/aromatic N) is 4. The van der Waals surface area contributed by atoms with Gasteiger partial charge in [-0.15, -0.1) is 0 Å². The Kier molecular flexibility index (Phi) is 11.4. The summed E-state index contributed by atoms with van der Waals surface area (Å²) in [4.78, 5) is 22.2. The number of hydrogen-bond donors (Lipinski definition) is 3. The van der Waals surface area contributed by atoms with Gasteiger partial charge in [-0.2, -0.15) is 0 Å². The number of carbonyl (C=O) groups is 1. The molecule has 3 N–H and O–H groups in total. The molecular weight excluding hydrogens is 600 g/mol. The zero-order valence-corrected chi connectivity index (χ0v) is 25.1. The van der Waals surface area contributed by atoms with Crippen molar-refractivity contribution >= 4 is 27.7 Å². The molecule has 0 aliphatic carbocycles. The van der Waals surface area contributed by atoms with E-state index in [4.69, 9.17) is 25.1 Å². The lowest BCUT2D eigenvalue weighted by Gasteiger charge is -2.31. The Morgan fingerprint density at radius 1 is 1.14 bits per heavy atom. The molecule has 2 atom stereocenters. The van der Waals surface area contributed by atoms with Crippen LogP contribution in [0.25, 0.3) is 10.4 Å². The summed E-state index contributed by atoms with van der Waals surface area (Å²) in [5.74, 6) is 0.645. The zero-order chi connectivity index (χ0) is 29.8. The molecule has 0 bridgehead atoms. The van der Waals surface area contributed by atoms with Gasteiger partial charge in [0.1, 0.15) is 5.75 Å². The molecule has 0 saturated heterocycles. The van der Waals surface area contributed by atoms with Gasteiger partial charge in [-0.3, -0.25) is 10.2 Å². The summed E-state index contributed by atoms with van der Waals surface area (Å²) in [6.45, 7) is 3.26. The van der Waals surface area contributed by atoms with Crippen LogP contribution in [0.2, 0.25) is 0 Å². The van der Waals surface area contributed by atoms with Crippen molar-refractivity contribution < 1.29 is 19.4 Å². The van der Waals surface area contributed by atoms with E-state index < -0.39 is 11.6 Å². The molecule has 1 aliphatic rings. The van der Waals surface area contributed by atoms with Crippen molar-refractivity contribution in [2.45, 2.75) is 50.8 Å². The van der Waals surface area contributed by atoms with Crippen LogP contribution >= 0.6 is 15.9 Å². The van der Waals surface area contributed by atoms with E-state index in [1.54, 1.807) is 0 Å². The Balaban J connectivity index is 1.80. The van der Waals surface area contributed by atoms with E-state index >= 15 is 0 Å². The number of amides is 1. The molecule has 0 spiro atoms. The predicted octanol–water partition coefficient (Wildman–Crippen LogP) is 5.94. The molecule has 0 unspecified atom stereocenters. The van der Waals surface area contributed by atoms with Gasteiger partial charge in [0.25, 0.3) is 5.91 Å². The number of aliphatic imine (C=N–C) groups is 1. The Labute approximate surface area is 253 Å². The molecule has 4 rings (SSSR count). The Morgan fingerprint density at radius 2 is 1.90 bits per heavy atom. The summed E-state index contributed by atoms with van der Waals surface area (Å²) in [5, 5.41) is 12.8. The molecule has 220 valence electrons. The number of hydrogen-bond acceptors (Lipinski definition) is 7. The lowest BCUT2D eigenvalue weighted by atomic mass is 9.81. The Bertz CT molecular complexity index is 1410. The van der Waals surface area contributed by atoms with Gasteiger partial charge in [-0.05, 0) is 65.0 Å². The van der Waals surface area contributed by atoms with Crippen LogP contribution in [-0.4, -0.2) is 42.2 Å². The fourth-order valence-electron chi connectivity index (χ4n) is 4.73. The molecule has 1 heterocycles. The van der Waals surface area contributed by atoms with E-state index in [-0.39, 0.29) is 25.5 Å². The second-order valence-electron chi connectivity index (χ2n) is 9.91. The minimum Gasteiger partial charge on any atom is -0.494 e. The molecule has 1 amide bonds. The van der Waals surface area contributed by atoms with Gasteiger partial charge in [0.15, 0.2) is 11.6 Å². The summed E-state index contributed by atoms with van der Waals surface area (Å²) in [6.07, 6.45) is 1.86. The quantitative estimate of drug-likeness (QED) is 0.0623. The topological polar surface area (TPSA) is 141 Å². The zero-order valence-electron chi connectivity index (χ0n) is 23.5. The van der Waals surface area contributed by atoms with Crippen LogP contribution in [0.1, 0.15) is 54.5 Å². The number of rotatable bonds is 15. The standard InChI is InChI=1S/C31H35BrN6O4/c1-2-3-17-34-37-30(40)31(20-22-9-13-25(32)14-10-22)28(27-8-5-4-7-24(27)21-35-38-33)42-29(36-31)23-11-15-26(16-12-23)41-19-6-18-39/h4-5,7-16,28,34,39H,2-3,6,17-21H2,1H3,(H,37,40)/t28-,31-/m0/s1. The maximum absolute atomic E-state index is 14.2. The van der Waals surface area contributed by atoms with Crippen molar-refractivity contribution in [2.24, 2.45) is 10.1 Å². The van der Waals surface area contributed by atoms with E-state index in [9.17, 15) is 4.79 Å². The minimum atomic E-state index is -1.38. The van der Waals surface area contributed by atoms with E-state index in [1.807, 2.05) is 72.8 Å². The van der Waals surface area contributed by atoms with E-state index in [0.29, 0.717) is 42.3 Å². The first kappa shape index (κ1) is 31.1. The number of nitrogens with one attached hydrogen (secondary N) is 2. The molecule has 42 heavy (non-hydrogen) atoms. The Hall–Kier alpha value is -3.89. The lowest BCUT2D eigenvalue weighted by molar-refractivity contribution is -0.130. The van der Waals surface area contributed by atoms with Crippen molar-refractivity contribution in [1.29, 1.82) is 0 Å². The maximum atomic E-state index is 14.2. The molecule has 0 saturated carbocycles. The van der Waals surface area contributed by atoms with Gasteiger partial charge < -0.3 is 14.6 Å². The molecule has 0 radical (unpaired) electrons. The van der Waals surface area contributed by atoms with Gasteiger partial charge in [0.05, 0.1) is 13.2 Å². The van der Waals surface area contributed by atoms with Crippen LogP contribution in [0, 0.1) is 0 Å². The van der Waals surface area contributed by atoms with Crippen molar-refractivity contribution in [3.8, 4) is 5.75 Å². The smallest absolute Gasteiger partial charge is 0.266 e. The number of halogens is 1. The highest BCUT2D eigenvalue weighted by Gasteiger charge is 2.53. The summed E-state index contributed by atoms with van der Waals surface area (Å²) in [5.41, 5.74) is 16.6. The first-order chi connectivity index (χ1) is 20.5. The molecular formula is C31H35BrN6O4. The average molecular weight is 636 g/mol. The fourth-order valence-corrected chi connectivity index (χ4v) is 5.00. The largest absolute Gasteiger partial charge is 0.494 e. The third-order valence-electron chi connectivity index (χ3n) is 6.92. The van der Waals surface area contributed by atoms with Crippen LogP contribution in [-0.2, 0) is 22.5 Å². The number of aliphatic hydroxyl groups excluding tert-OH is 1. The van der Waals surface area contributed by atoms with E-state index in [1.165, 1.54) is 0 Å². The van der Waals surface area contributed by atoms with Crippen LogP contribution < -0.4 is 15.6 Å². The van der Waals surface area contributed by atoms with Crippen LogP contribution in [0.4, 0.5) is 0 Å². The first-order valence-corrected chi connectivity index (χ1v) is 14.8. The molecule has 3 aromatic rings. The van der Waals surface area contributed by atoms with Crippen molar-refractivity contribution in [3.05, 3.63) is 110 Å². The predicted molar refractivity (Wildman–Crippen MR) is 165 cm³/mol. The SMILES string of the molecule is CCCCNNC(=O)[C@@]1(Cc2ccc(Br)cc2)N=C(c2ccc(OCCCO)cc2)O[C@H]1c1ccccc1CN=[N+]=[N-]. The van der Waals surface area contributed by atoms with E-state index in [2.05, 4.69) is 43.7 Å². The highest BCUT2D eigenvalue weighted by molar-refractivity contribution is 9.10. The van der Waals surface area contributed by atoms with Crippen molar-refractivity contribution in [1.82, 2.24) is 10.9 Å². The number of hydrazine groups is 1. The normalized spacial score (nSPS) is 17.6. The fraction of sp³-hybridized carbons (Fsp3) is 0.355. The molecule has 0 aromatic heterocycles. The number of azide groups is 1. The molecule has 3 aromatic carbocycles. The van der Waals surface area contributed by atoms with Crippen LogP contribution in [0.5, 0.6) is 5.75 Å². The van der Waals surface area contributed by atoms with Crippen molar-refractivity contribution in [2.75, 3.05) is 19.8 Å². The summed E-state index contributed by atoms with van der Waals surface area (Å²) < 4.78 is 13.2. The number of ether oxygens (including phenoxy) is 2. The molecule has 0 fully saturated rings. The second-order valence-corrected chi connectivity index (χ2v) is 10.8. The maximum Gasteiger partial charge on any atom is 0.266 e. The number of aliphatic hydroxyl groups is 1. The summed E-state index contributed by atoms with van der Waals surface area (Å²) >= 11 is 3.49. The highest BCUT2D eigenvalue weighted by Crippen LogP contribution is 2.43.